The number of hydrogen-bond acceptors (Lipinski definition) is 7. The van der Waals surface area contributed by atoms with Crippen molar-refractivity contribution in [2.75, 3.05) is 48.1 Å². The lowest BCUT2D eigenvalue weighted by atomic mass is 10.1. The Bertz CT molecular complexity index is 1150. The van der Waals surface area contributed by atoms with Crippen LogP contribution in [0.2, 0.25) is 0 Å². The molecule has 0 saturated carbocycles. The highest BCUT2D eigenvalue weighted by Crippen LogP contribution is 2.27. The molecule has 1 saturated heterocycles. The van der Waals surface area contributed by atoms with E-state index in [0.717, 1.165) is 0 Å². The van der Waals surface area contributed by atoms with Gasteiger partial charge in [0.05, 0.1) is 23.4 Å². The molecule has 1 aliphatic rings. The van der Waals surface area contributed by atoms with Gasteiger partial charge >= 0.3 is 5.97 Å². The Balaban J connectivity index is 1.78. The van der Waals surface area contributed by atoms with E-state index >= 15 is 0 Å². The largest absolute Gasteiger partial charge is 0.478 e. The Morgan fingerprint density at radius 1 is 1.12 bits per heavy atom. The van der Waals surface area contributed by atoms with Crippen LogP contribution >= 0.6 is 0 Å². The summed E-state index contributed by atoms with van der Waals surface area (Å²) in [6, 6.07) is 6.20. The fourth-order valence-electron chi connectivity index (χ4n) is 3.66. The lowest BCUT2D eigenvalue weighted by Crippen LogP contribution is -2.52. The minimum absolute atomic E-state index is 0.0255. The van der Waals surface area contributed by atoms with Crippen LogP contribution < -0.4 is 14.9 Å². The van der Waals surface area contributed by atoms with Gasteiger partial charge in [0, 0.05) is 42.8 Å². The summed E-state index contributed by atoms with van der Waals surface area (Å²) in [6.07, 6.45) is 0. The molecule has 0 atom stereocenters. The summed E-state index contributed by atoms with van der Waals surface area (Å²) in [5.41, 5.74) is 0.538. The minimum atomic E-state index is -3.48. The number of fused-ring (bicyclic) bond motifs is 1. The SMILES string of the molecule is CCS(=O)(=O)Nc1ccc2nc(N3CCN(CC(=O)NC(C)(C)C)CC3)cc(C(=O)O)c2c1. The van der Waals surface area contributed by atoms with Gasteiger partial charge in [-0.15, -0.1) is 0 Å². The number of carboxylic acids is 1. The van der Waals surface area contributed by atoms with E-state index in [0.29, 0.717) is 55.1 Å². The summed E-state index contributed by atoms with van der Waals surface area (Å²) in [4.78, 5) is 32.8. The van der Waals surface area contributed by atoms with Crippen LogP contribution in [0, 0.1) is 0 Å². The van der Waals surface area contributed by atoms with Crippen LogP contribution in [0.25, 0.3) is 10.9 Å². The predicted octanol–water partition coefficient (Wildman–Crippen LogP) is 1.73. The zero-order valence-corrected chi connectivity index (χ0v) is 20.2. The molecule has 1 aromatic carbocycles. The van der Waals surface area contributed by atoms with Gasteiger partial charge in [0.25, 0.3) is 0 Å². The number of carboxylic acid groups (broad SMARTS) is 1. The molecule has 1 amide bonds. The molecule has 2 heterocycles. The number of anilines is 2. The van der Waals surface area contributed by atoms with E-state index < -0.39 is 16.0 Å². The highest BCUT2D eigenvalue weighted by Gasteiger charge is 2.23. The van der Waals surface area contributed by atoms with Crippen molar-refractivity contribution < 1.29 is 23.1 Å². The smallest absolute Gasteiger partial charge is 0.336 e. The number of aromatic carboxylic acids is 1. The van der Waals surface area contributed by atoms with Crippen LogP contribution in [0.3, 0.4) is 0 Å². The number of carbonyl (C=O) groups is 2. The Hall–Kier alpha value is -2.92. The molecule has 1 aliphatic heterocycles. The number of carbonyl (C=O) groups excluding carboxylic acids is 1. The number of piperazine rings is 1. The van der Waals surface area contributed by atoms with Crippen LogP contribution in [0.15, 0.2) is 24.3 Å². The number of aromatic nitrogens is 1. The van der Waals surface area contributed by atoms with Gasteiger partial charge in [0.1, 0.15) is 5.82 Å². The second kappa shape index (κ2) is 9.52. The number of pyridine rings is 1. The summed E-state index contributed by atoms with van der Waals surface area (Å²) in [6.45, 7) is 10.2. The molecule has 1 fully saturated rings. The van der Waals surface area contributed by atoms with Crippen molar-refractivity contribution >= 4 is 44.3 Å². The number of benzene rings is 1. The molecule has 33 heavy (non-hydrogen) atoms. The summed E-state index contributed by atoms with van der Waals surface area (Å²) in [5, 5.41) is 13.1. The van der Waals surface area contributed by atoms with E-state index in [2.05, 4.69) is 19.9 Å². The van der Waals surface area contributed by atoms with Crippen LogP contribution in [0.5, 0.6) is 0 Å². The van der Waals surface area contributed by atoms with Crippen LogP contribution in [0.4, 0.5) is 11.5 Å². The van der Waals surface area contributed by atoms with Crippen LogP contribution in [-0.4, -0.2) is 79.3 Å². The maximum absolute atomic E-state index is 12.2. The van der Waals surface area contributed by atoms with Gasteiger partial charge in [-0.05, 0) is 52.0 Å². The highest BCUT2D eigenvalue weighted by atomic mass is 32.2. The van der Waals surface area contributed by atoms with Gasteiger partial charge in [-0.3, -0.25) is 14.4 Å². The third kappa shape index (κ3) is 6.55. The fourth-order valence-corrected chi connectivity index (χ4v) is 4.29. The zero-order chi connectivity index (χ0) is 24.4. The molecular formula is C22H31N5O5S. The molecule has 0 spiro atoms. The molecule has 180 valence electrons. The second-order valence-corrected chi connectivity index (χ2v) is 11.1. The van der Waals surface area contributed by atoms with Gasteiger partial charge in [0.2, 0.25) is 15.9 Å². The van der Waals surface area contributed by atoms with Crippen LogP contribution in [0.1, 0.15) is 38.1 Å². The quantitative estimate of drug-likeness (QED) is 0.549. The third-order valence-electron chi connectivity index (χ3n) is 5.26. The normalized spacial score (nSPS) is 15.5. The first-order valence-electron chi connectivity index (χ1n) is 10.8. The average Bonchev–Trinajstić information content (AvgIpc) is 2.71. The Morgan fingerprint density at radius 3 is 2.36 bits per heavy atom. The molecule has 2 aromatic rings. The number of rotatable bonds is 7. The molecule has 11 heteroatoms. The maximum atomic E-state index is 12.2. The van der Waals surface area contributed by atoms with Crippen molar-refractivity contribution in [1.29, 1.82) is 0 Å². The van der Waals surface area contributed by atoms with Crippen molar-refractivity contribution in [1.82, 2.24) is 15.2 Å². The number of sulfonamides is 1. The minimum Gasteiger partial charge on any atom is -0.478 e. The number of nitrogens with one attached hydrogen (secondary N) is 2. The molecular weight excluding hydrogens is 446 g/mol. The first-order valence-corrected chi connectivity index (χ1v) is 12.5. The molecule has 0 radical (unpaired) electrons. The maximum Gasteiger partial charge on any atom is 0.336 e. The molecule has 0 unspecified atom stereocenters. The molecule has 0 bridgehead atoms. The second-order valence-electron chi connectivity index (χ2n) is 9.13. The molecule has 1 aromatic heterocycles. The monoisotopic (exact) mass is 477 g/mol. The number of nitrogens with zero attached hydrogens (tertiary/aromatic N) is 3. The van der Waals surface area contributed by atoms with Crippen molar-refractivity contribution in [2.24, 2.45) is 0 Å². The van der Waals surface area contributed by atoms with E-state index in [-0.39, 0.29) is 22.8 Å². The summed E-state index contributed by atoms with van der Waals surface area (Å²) >= 11 is 0. The van der Waals surface area contributed by atoms with E-state index in [4.69, 9.17) is 0 Å². The summed E-state index contributed by atoms with van der Waals surface area (Å²) in [7, 11) is -3.48. The number of amides is 1. The first-order chi connectivity index (χ1) is 15.4. The van der Waals surface area contributed by atoms with Gasteiger partial charge in [-0.1, -0.05) is 0 Å². The molecule has 0 aliphatic carbocycles. The average molecular weight is 478 g/mol. The Kier molecular flexibility index (Phi) is 7.13. The van der Waals surface area contributed by atoms with E-state index in [1.165, 1.54) is 19.1 Å². The van der Waals surface area contributed by atoms with E-state index in [9.17, 15) is 23.1 Å². The topological polar surface area (TPSA) is 132 Å². The predicted molar refractivity (Wildman–Crippen MR) is 128 cm³/mol. The van der Waals surface area contributed by atoms with Gasteiger partial charge in [0.15, 0.2) is 0 Å². The van der Waals surface area contributed by atoms with Gasteiger partial charge in [-0.25, -0.2) is 18.2 Å². The molecule has 10 nitrogen and oxygen atoms in total. The fraction of sp³-hybridized carbons (Fsp3) is 0.500. The number of hydrogen-bond donors (Lipinski definition) is 3. The standard InChI is InChI=1S/C22H31N5O5S/c1-5-33(31,32)25-15-6-7-18-16(12-15)17(21(29)30)13-19(23-18)27-10-8-26(9-11-27)14-20(28)24-22(2,3)4/h6-7,12-13,25H,5,8-11,14H2,1-4H3,(H,24,28)(H,29,30). The van der Waals surface area contributed by atoms with Crippen molar-refractivity contribution in [3.8, 4) is 0 Å². The molecule has 3 rings (SSSR count). The Labute approximate surface area is 194 Å². The first kappa shape index (κ1) is 24.7. The van der Waals surface area contributed by atoms with Crippen molar-refractivity contribution in [3.05, 3.63) is 29.8 Å². The summed E-state index contributed by atoms with van der Waals surface area (Å²) < 4.78 is 26.2. The molecule has 3 N–H and O–H groups in total. The third-order valence-corrected chi connectivity index (χ3v) is 6.56. The van der Waals surface area contributed by atoms with E-state index in [1.54, 1.807) is 12.1 Å². The van der Waals surface area contributed by atoms with Crippen molar-refractivity contribution in [3.63, 3.8) is 0 Å². The van der Waals surface area contributed by atoms with Crippen molar-refractivity contribution in [2.45, 2.75) is 33.2 Å². The lowest BCUT2D eigenvalue weighted by Gasteiger charge is -2.35. The van der Waals surface area contributed by atoms with Gasteiger partial charge < -0.3 is 15.3 Å². The zero-order valence-electron chi connectivity index (χ0n) is 19.4. The van der Waals surface area contributed by atoms with Gasteiger partial charge in [-0.2, -0.15) is 0 Å². The Morgan fingerprint density at radius 2 is 1.79 bits per heavy atom. The van der Waals surface area contributed by atoms with Crippen LogP contribution in [-0.2, 0) is 14.8 Å². The lowest BCUT2D eigenvalue weighted by molar-refractivity contribution is -0.123. The highest BCUT2D eigenvalue weighted by molar-refractivity contribution is 7.92. The summed E-state index contributed by atoms with van der Waals surface area (Å²) in [5.74, 6) is -0.683. The van der Waals surface area contributed by atoms with E-state index in [1.807, 2.05) is 25.7 Å².